The van der Waals surface area contributed by atoms with E-state index in [1.807, 2.05) is 42.5 Å². The summed E-state index contributed by atoms with van der Waals surface area (Å²) in [6, 6.07) is 26.4. The number of aromatic nitrogens is 1. The van der Waals surface area contributed by atoms with Crippen LogP contribution in [0.15, 0.2) is 90.2 Å². The number of carbonyl (C=O) groups is 1. The molecular formula is C27H26N4O. The highest BCUT2D eigenvalue weighted by atomic mass is 16.2. The van der Waals surface area contributed by atoms with E-state index in [4.69, 9.17) is 0 Å². The van der Waals surface area contributed by atoms with Gasteiger partial charge in [0.2, 0.25) is 0 Å². The first-order chi connectivity index (χ1) is 15.8. The molecule has 1 aliphatic rings. The van der Waals surface area contributed by atoms with Gasteiger partial charge in [0.05, 0.1) is 6.21 Å². The van der Waals surface area contributed by atoms with E-state index >= 15 is 0 Å². The van der Waals surface area contributed by atoms with Crippen LogP contribution in [-0.2, 0) is 6.54 Å². The van der Waals surface area contributed by atoms with Gasteiger partial charge in [-0.1, -0.05) is 48.5 Å². The molecule has 0 radical (unpaired) electrons. The monoisotopic (exact) mass is 422 g/mol. The van der Waals surface area contributed by atoms with Crippen LogP contribution >= 0.6 is 0 Å². The van der Waals surface area contributed by atoms with Crippen molar-refractivity contribution in [2.24, 2.45) is 5.10 Å². The fraction of sp³-hybridized carbons (Fsp3) is 0.185. The molecule has 5 nitrogen and oxygen atoms in total. The van der Waals surface area contributed by atoms with Crippen LogP contribution in [0, 0.1) is 0 Å². The lowest BCUT2D eigenvalue weighted by Crippen LogP contribution is -2.19. The second-order valence-electron chi connectivity index (χ2n) is 8.16. The molecule has 1 fully saturated rings. The highest BCUT2D eigenvalue weighted by Gasteiger charge is 2.13. The number of fused-ring (bicyclic) bond motifs is 1. The van der Waals surface area contributed by atoms with E-state index in [2.05, 4.69) is 62.6 Å². The van der Waals surface area contributed by atoms with Crippen LogP contribution in [0.5, 0.6) is 0 Å². The molecule has 1 amide bonds. The summed E-state index contributed by atoms with van der Waals surface area (Å²) >= 11 is 0. The molecule has 1 N–H and O–H groups in total. The van der Waals surface area contributed by atoms with Crippen molar-refractivity contribution in [3.05, 3.63) is 102 Å². The predicted molar refractivity (Wildman–Crippen MR) is 130 cm³/mol. The van der Waals surface area contributed by atoms with E-state index in [1.54, 1.807) is 6.21 Å². The van der Waals surface area contributed by atoms with Crippen molar-refractivity contribution in [3.8, 4) is 0 Å². The molecule has 0 spiro atoms. The molecule has 0 bridgehead atoms. The number of rotatable bonds is 6. The van der Waals surface area contributed by atoms with E-state index in [9.17, 15) is 4.79 Å². The fourth-order valence-electron chi connectivity index (χ4n) is 4.31. The van der Waals surface area contributed by atoms with Crippen molar-refractivity contribution in [2.45, 2.75) is 19.4 Å². The van der Waals surface area contributed by atoms with Gasteiger partial charge in [-0.15, -0.1) is 0 Å². The standard InChI is InChI=1S/C27H26N4O/c32-27(22-12-14-24(15-13-22)30-16-6-7-17-30)29-28-18-23-20-31(19-21-8-2-1-3-9-21)26-11-5-4-10-25(23)26/h1-5,8-15,18,20H,6-7,16-17,19H2,(H,29,32)/b28-18-. The molecule has 5 heteroatoms. The van der Waals surface area contributed by atoms with E-state index in [-0.39, 0.29) is 5.91 Å². The summed E-state index contributed by atoms with van der Waals surface area (Å²) in [5, 5.41) is 5.35. The number of hydrogen-bond acceptors (Lipinski definition) is 3. The molecular weight excluding hydrogens is 396 g/mol. The summed E-state index contributed by atoms with van der Waals surface area (Å²) in [5.74, 6) is -0.206. The molecule has 0 unspecified atom stereocenters. The van der Waals surface area contributed by atoms with Gasteiger partial charge in [0.1, 0.15) is 0 Å². The minimum absolute atomic E-state index is 0.206. The topological polar surface area (TPSA) is 49.6 Å². The largest absolute Gasteiger partial charge is 0.372 e. The number of para-hydroxylation sites is 1. The zero-order valence-corrected chi connectivity index (χ0v) is 17.9. The molecule has 4 aromatic rings. The average molecular weight is 423 g/mol. The first-order valence-electron chi connectivity index (χ1n) is 11.1. The Morgan fingerprint density at radius 3 is 2.41 bits per heavy atom. The van der Waals surface area contributed by atoms with Crippen LogP contribution in [0.4, 0.5) is 5.69 Å². The SMILES string of the molecule is O=C(N/N=C\c1cn(Cc2ccccc2)c2ccccc12)c1ccc(N2CCCC2)cc1. The molecule has 1 saturated heterocycles. The van der Waals surface area contributed by atoms with Crippen LogP contribution in [-0.4, -0.2) is 29.8 Å². The summed E-state index contributed by atoms with van der Waals surface area (Å²) in [4.78, 5) is 14.9. The van der Waals surface area contributed by atoms with Crippen LogP contribution in [0.1, 0.15) is 34.3 Å². The van der Waals surface area contributed by atoms with Gasteiger partial charge in [-0.25, -0.2) is 5.43 Å². The van der Waals surface area contributed by atoms with Crippen molar-refractivity contribution in [1.29, 1.82) is 0 Å². The van der Waals surface area contributed by atoms with Gasteiger partial charge in [0.25, 0.3) is 5.91 Å². The first kappa shape index (κ1) is 20.1. The van der Waals surface area contributed by atoms with Crippen molar-refractivity contribution < 1.29 is 4.79 Å². The Morgan fingerprint density at radius 1 is 0.906 bits per heavy atom. The van der Waals surface area contributed by atoms with Crippen LogP contribution in [0.2, 0.25) is 0 Å². The summed E-state index contributed by atoms with van der Waals surface area (Å²) in [6.07, 6.45) is 6.27. The Hall–Kier alpha value is -3.86. The highest BCUT2D eigenvalue weighted by Crippen LogP contribution is 2.22. The average Bonchev–Trinajstić information content (AvgIpc) is 3.49. The lowest BCUT2D eigenvalue weighted by Gasteiger charge is -2.17. The van der Waals surface area contributed by atoms with Gasteiger partial charge in [-0.05, 0) is 48.7 Å². The van der Waals surface area contributed by atoms with E-state index in [1.165, 1.54) is 24.1 Å². The molecule has 5 rings (SSSR count). The first-order valence-corrected chi connectivity index (χ1v) is 11.1. The van der Waals surface area contributed by atoms with Gasteiger partial charge < -0.3 is 9.47 Å². The lowest BCUT2D eigenvalue weighted by atomic mass is 10.2. The molecule has 1 aliphatic heterocycles. The third-order valence-electron chi connectivity index (χ3n) is 5.99. The number of benzene rings is 3. The zero-order chi connectivity index (χ0) is 21.8. The summed E-state index contributed by atoms with van der Waals surface area (Å²) in [6.45, 7) is 2.96. The van der Waals surface area contributed by atoms with Gasteiger partial charge in [-0.3, -0.25) is 4.79 Å². The normalized spacial score (nSPS) is 13.8. The van der Waals surface area contributed by atoms with Crippen LogP contribution in [0.25, 0.3) is 10.9 Å². The maximum Gasteiger partial charge on any atom is 0.271 e. The van der Waals surface area contributed by atoms with Gasteiger partial charge in [0.15, 0.2) is 0 Å². The Balaban J connectivity index is 1.30. The minimum atomic E-state index is -0.206. The third-order valence-corrected chi connectivity index (χ3v) is 5.99. The van der Waals surface area contributed by atoms with Gasteiger partial charge >= 0.3 is 0 Å². The molecule has 2 heterocycles. The molecule has 3 aromatic carbocycles. The number of carbonyl (C=O) groups excluding carboxylic acids is 1. The maximum absolute atomic E-state index is 12.5. The molecule has 32 heavy (non-hydrogen) atoms. The van der Waals surface area contributed by atoms with Gasteiger partial charge in [0, 0.05) is 53.5 Å². The van der Waals surface area contributed by atoms with Crippen molar-refractivity contribution >= 4 is 28.7 Å². The Bertz CT molecular complexity index is 1240. The third kappa shape index (κ3) is 4.28. The number of anilines is 1. The predicted octanol–water partition coefficient (Wildman–Crippen LogP) is 5.05. The van der Waals surface area contributed by atoms with Crippen molar-refractivity contribution in [2.75, 3.05) is 18.0 Å². The molecule has 0 saturated carbocycles. The summed E-state index contributed by atoms with van der Waals surface area (Å²) in [5.41, 5.74) is 7.80. The van der Waals surface area contributed by atoms with E-state index in [0.29, 0.717) is 5.56 Å². The maximum atomic E-state index is 12.5. The lowest BCUT2D eigenvalue weighted by molar-refractivity contribution is 0.0955. The van der Waals surface area contributed by atoms with E-state index < -0.39 is 0 Å². The fourth-order valence-corrected chi connectivity index (χ4v) is 4.31. The molecule has 0 aliphatic carbocycles. The summed E-state index contributed by atoms with van der Waals surface area (Å²) < 4.78 is 2.21. The number of nitrogens with zero attached hydrogens (tertiary/aromatic N) is 3. The zero-order valence-electron chi connectivity index (χ0n) is 17.9. The Labute approximate surface area is 188 Å². The van der Waals surface area contributed by atoms with Crippen LogP contribution < -0.4 is 10.3 Å². The van der Waals surface area contributed by atoms with Gasteiger partial charge in [-0.2, -0.15) is 5.10 Å². The second kappa shape index (κ2) is 9.10. The minimum Gasteiger partial charge on any atom is -0.372 e. The van der Waals surface area contributed by atoms with E-state index in [0.717, 1.165) is 36.1 Å². The number of hydrazone groups is 1. The number of amides is 1. The smallest absolute Gasteiger partial charge is 0.271 e. The Morgan fingerprint density at radius 2 is 1.62 bits per heavy atom. The number of hydrogen-bond donors (Lipinski definition) is 1. The second-order valence-corrected chi connectivity index (χ2v) is 8.16. The van der Waals surface area contributed by atoms with Crippen molar-refractivity contribution in [3.63, 3.8) is 0 Å². The number of nitrogens with one attached hydrogen (secondary N) is 1. The van der Waals surface area contributed by atoms with Crippen LogP contribution in [0.3, 0.4) is 0 Å². The molecule has 0 atom stereocenters. The molecule has 1 aromatic heterocycles. The highest BCUT2D eigenvalue weighted by molar-refractivity contribution is 6.00. The van der Waals surface area contributed by atoms with Crippen molar-refractivity contribution in [1.82, 2.24) is 9.99 Å². The molecule has 160 valence electrons. The Kier molecular flexibility index (Phi) is 5.71. The summed E-state index contributed by atoms with van der Waals surface area (Å²) in [7, 11) is 0. The quantitative estimate of drug-likeness (QED) is 0.349.